The van der Waals surface area contributed by atoms with Crippen molar-refractivity contribution in [2.45, 2.75) is 38.9 Å². The maximum atomic E-state index is 6.17. The lowest BCUT2D eigenvalue weighted by atomic mass is 9.78. The van der Waals surface area contributed by atoms with Gasteiger partial charge in [0.05, 0.1) is 16.2 Å². The standard InChI is InChI=1S/C14H18BCl2NO2S/c1-13(2)14(3,4)20-15(19-13)9(8-21)7-10-11(16)5-6-18-12(10)17/h5-7,21H,8H2,1-4H3. The van der Waals surface area contributed by atoms with Crippen LogP contribution in [0.3, 0.4) is 0 Å². The van der Waals surface area contributed by atoms with Gasteiger partial charge in [0.15, 0.2) is 0 Å². The van der Waals surface area contributed by atoms with Crippen molar-refractivity contribution < 1.29 is 9.31 Å². The van der Waals surface area contributed by atoms with E-state index in [2.05, 4.69) is 17.6 Å². The van der Waals surface area contributed by atoms with E-state index in [9.17, 15) is 0 Å². The van der Waals surface area contributed by atoms with E-state index in [0.717, 1.165) is 5.47 Å². The van der Waals surface area contributed by atoms with Crippen molar-refractivity contribution in [3.8, 4) is 0 Å². The van der Waals surface area contributed by atoms with Gasteiger partial charge in [0.25, 0.3) is 0 Å². The van der Waals surface area contributed by atoms with Gasteiger partial charge in [-0.15, -0.1) is 0 Å². The molecule has 1 aliphatic heterocycles. The van der Waals surface area contributed by atoms with Crippen LogP contribution in [0.25, 0.3) is 6.08 Å². The Balaban J connectivity index is 2.36. The SMILES string of the molecule is CC1(C)OB(C(=Cc2c(Cl)ccnc2Cl)CS)OC1(C)C. The molecule has 1 saturated heterocycles. The van der Waals surface area contributed by atoms with E-state index in [4.69, 9.17) is 32.5 Å². The summed E-state index contributed by atoms with van der Waals surface area (Å²) >= 11 is 16.6. The van der Waals surface area contributed by atoms with Gasteiger partial charge >= 0.3 is 7.12 Å². The highest BCUT2D eigenvalue weighted by atomic mass is 35.5. The topological polar surface area (TPSA) is 31.4 Å². The predicted octanol–water partition coefficient (Wildman–Crippen LogP) is 4.33. The molecule has 0 amide bonds. The van der Waals surface area contributed by atoms with Crippen LogP contribution in [0.1, 0.15) is 33.3 Å². The molecule has 1 aromatic heterocycles. The Labute approximate surface area is 141 Å². The molecule has 0 unspecified atom stereocenters. The van der Waals surface area contributed by atoms with E-state index >= 15 is 0 Å². The molecular weight excluding hydrogens is 328 g/mol. The van der Waals surface area contributed by atoms with Crippen LogP contribution in [0.2, 0.25) is 10.2 Å². The molecule has 0 saturated carbocycles. The van der Waals surface area contributed by atoms with E-state index < -0.39 is 18.3 Å². The van der Waals surface area contributed by atoms with Crippen LogP contribution in [0.15, 0.2) is 17.7 Å². The van der Waals surface area contributed by atoms with Crippen LogP contribution in [-0.4, -0.2) is 29.1 Å². The molecule has 0 spiro atoms. The van der Waals surface area contributed by atoms with Crippen molar-refractivity contribution in [3.63, 3.8) is 0 Å². The zero-order chi connectivity index (χ0) is 15.8. The Kier molecular flexibility index (Phi) is 5.01. The lowest BCUT2D eigenvalue weighted by molar-refractivity contribution is 0.00578. The second-order valence-electron chi connectivity index (χ2n) is 5.96. The van der Waals surface area contributed by atoms with Gasteiger partial charge in [0, 0.05) is 17.5 Å². The summed E-state index contributed by atoms with van der Waals surface area (Å²) in [6.07, 6.45) is 3.41. The van der Waals surface area contributed by atoms with Crippen molar-refractivity contribution >= 4 is 49.0 Å². The highest BCUT2D eigenvalue weighted by molar-refractivity contribution is 7.80. The number of rotatable bonds is 3. The van der Waals surface area contributed by atoms with Gasteiger partial charge in [-0.25, -0.2) is 4.98 Å². The molecule has 114 valence electrons. The first-order valence-electron chi connectivity index (χ1n) is 6.65. The van der Waals surface area contributed by atoms with Gasteiger partial charge < -0.3 is 9.31 Å². The number of pyridine rings is 1. The minimum Gasteiger partial charge on any atom is -0.400 e. The third-order valence-electron chi connectivity index (χ3n) is 3.96. The lowest BCUT2D eigenvalue weighted by Gasteiger charge is -2.32. The summed E-state index contributed by atoms with van der Waals surface area (Å²) in [5, 5.41) is 0.879. The third-order valence-corrected chi connectivity index (χ3v) is 4.95. The largest absolute Gasteiger partial charge is 0.491 e. The van der Waals surface area contributed by atoms with Crippen molar-refractivity contribution in [3.05, 3.63) is 33.5 Å². The summed E-state index contributed by atoms with van der Waals surface area (Å²) in [5.74, 6) is 0.471. The number of hydrogen-bond donors (Lipinski definition) is 1. The van der Waals surface area contributed by atoms with Gasteiger partial charge in [0.1, 0.15) is 5.15 Å². The third kappa shape index (κ3) is 3.43. The summed E-state index contributed by atoms with van der Waals surface area (Å²) < 4.78 is 12.0. The molecule has 0 aromatic carbocycles. The van der Waals surface area contributed by atoms with Crippen LogP contribution in [0.4, 0.5) is 0 Å². The van der Waals surface area contributed by atoms with Gasteiger partial charge in [-0.05, 0) is 39.2 Å². The maximum absolute atomic E-state index is 6.17. The van der Waals surface area contributed by atoms with Crippen molar-refractivity contribution in [1.29, 1.82) is 0 Å². The van der Waals surface area contributed by atoms with Crippen LogP contribution in [0.5, 0.6) is 0 Å². The van der Waals surface area contributed by atoms with Crippen LogP contribution >= 0.6 is 35.8 Å². The Hall–Kier alpha value is -0.195. The second-order valence-corrected chi connectivity index (χ2v) is 7.04. The van der Waals surface area contributed by atoms with Gasteiger partial charge in [-0.1, -0.05) is 29.3 Å². The first-order chi connectivity index (χ1) is 9.68. The van der Waals surface area contributed by atoms with Gasteiger partial charge in [-0.2, -0.15) is 12.6 Å². The fraction of sp³-hybridized carbons (Fsp3) is 0.500. The number of thiol groups is 1. The minimum atomic E-state index is -0.472. The predicted molar refractivity (Wildman–Crippen MR) is 92.2 cm³/mol. The average molecular weight is 346 g/mol. The minimum absolute atomic E-state index is 0.346. The second kappa shape index (κ2) is 6.13. The number of hydrogen-bond acceptors (Lipinski definition) is 4. The van der Waals surface area contributed by atoms with Crippen molar-refractivity contribution in [1.82, 2.24) is 4.98 Å². The Bertz CT molecular complexity index is 542. The summed E-state index contributed by atoms with van der Waals surface area (Å²) in [4.78, 5) is 4.04. The molecule has 0 radical (unpaired) electrons. The zero-order valence-electron chi connectivity index (χ0n) is 12.5. The fourth-order valence-electron chi connectivity index (χ4n) is 1.92. The average Bonchev–Trinajstić information content (AvgIpc) is 2.58. The quantitative estimate of drug-likeness (QED) is 0.502. The van der Waals surface area contributed by atoms with E-state index in [0.29, 0.717) is 21.5 Å². The highest BCUT2D eigenvalue weighted by Crippen LogP contribution is 2.39. The van der Waals surface area contributed by atoms with Crippen LogP contribution < -0.4 is 0 Å². The number of halogens is 2. The van der Waals surface area contributed by atoms with Gasteiger partial charge in [0.2, 0.25) is 0 Å². The monoisotopic (exact) mass is 345 g/mol. The first kappa shape index (κ1) is 17.2. The molecule has 2 heterocycles. The molecule has 3 nitrogen and oxygen atoms in total. The molecule has 7 heteroatoms. The molecule has 0 N–H and O–H groups in total. The highest BCUT2D eigenvalue weighted by Gasteiger charge is 2.52. The smallest absolute Gasteiger partial charge is 0.400 e. The molecule has 1 fully saturated rings. The van der Waals surface area contributed by atoms with E-state index in [1.165, 1.54) is 0 Å². The van der Waals surface area contributed by atoms with E-state index in [1.54, 1.807) is 12.3 Å². The molecule has 0 bridgehead atoms. The number of nitrogens with zero attached hydrogens (tertiary/aromatic N) is 1. The maximum Gasteiger partial charge on any atom is 0.491 e. The molecule has 0 atom stereocenters. The number of aromatic nitrogens is 1. The molecular formula is C14H18BCl2NO2S. The zero-order valence-corrected chi connectivity index (χ0v) is 14.9. The normalized spacial score (nSPS) is 20.9. The molecule has 1 aliphatic rings. The first-order valence-corrected chi connectivity index (χ1v) is 8.04. The Morgan fingerprint density at radius 3 is 2.33 bits per heavy atom. The Morgan fingerprint density at radius 1 is 1.29 bits per heavy atom. The van der Waals surface area contributed by atoms with Gasteiger partial charge in [-0.3, -0.25) is 0 Å². The van der Waals surface area contributed by atoms with Crippen molar-refractivity contribution in [2.75, 3.05) is 5.75 Å². The summed E-state index contributed by atoms with van der Waals surface area (Å²) in [6.45, 7) is 8.03. The fourth-order valence-corrected chi connectivity index (χ4v) is 2.62. The Morgan fingerprint density at radius 2 is 1.86 bits per heavy atom. The molecule has 1 aromatic rings. The van der Waals surface area contributed by atoms with E-state index in [-0.39, 0.29) is 0 Å². The van der Waals surface area contributed by atoms with Crippen LogP contribution in [0, 0.1) is 0 Å². The summed E-state index contributed by atoms with van der Waals surface area (Å²) in [6, 6.07) is 1.69. The molecule has 2 rings (SSSR count). The molecule has 0 aliphatic carbocycles. The summed E-state index contributed by atoms with van der Waals surface area (Å²) in [7, 11) is -0.472. The summed E-state index contributed by atoms with van der Waals surface area (Å²) in [5.41, 5.74) is 0.707. The van der Waals surface area contributed by atoms with Crippen molar-refractivity contribution in [2.24, 2.45) is 0 Å². The van der Waals surface area contributed by atoms with Crippen LogP contribution in [-0.2, 0) is 9.31 Å². The lowest BCUT2D eigenvalue weighted by Crippen LogP contribution is -2.41. The molecule has 21 heavy (non-hydrogen) atoms. The van der Waals surface area contributed by atoms with E-state index in [1.807, 2.05) is 33.8 Å².